The number of sulfone groups is 1. The lowest BCUT2D eigenvalue weighted by Crippen LogP contribution is -2.17. The molecule has 142 valence electrons. The van der Waals surface area contributed by atoms with Crippen LogP contribution in [-0.4, -0.2) is 34.7 Å². The van der Waals surface area contributed by atoms with Gasteiger partial charge in [-0.15, -0.1) is 0 Å². The molecule has 0 unspecified atom stereocenters. The van der Waals surface area contributed by atoms with Crippen LogP contribution in [0.2, 0.25) is 0 Å². The Kier molecular flexibility index (Phi) is 5.36. The first-order valence-electron chi connectivity index (χ1n) is 8.18. The van der Waals surface area contributed by atoms with Crippen molar-refractivity contribution in [3.63, 3.8) is 0 Å². The monoisotopic (exact) mass is 389 g/mol. The Morgan fingerprint density at radius 1 is 1.07 bits per heavy atom. The Morgan fingerprint density at radius 2 is 1.74 bits per heavy atom. The highest BCUT2D eigenvalue weighted by atomic mass is 32.2. The fourth-order valence-corrected chi connectivity index (χ4v) is 3.74. The summed E-state index contributed by atoms with van der Waals surface area (Å²) in [7, 11) is -2.92. The molecule has 2 aromatic rings. The maximum absolute atomic E-state index is 12.8. The fraction of sp³-hybridized carbons (Fsp3) is 0.211. The highest BCUT2D eigenvalue weighted by molar-refractivity contribution is 7.96. The molecule has 0 saturated carbocycles. The van der Waals surface area contributed by atoms with Crippen molar-refractivity contribution in [2.75, 3.05) is 25.6 Å². The number of aryl methyl sites for hydroxylation is 1. The van der Waals surface area contributed by atoms with Crippen molar-refractivity contribution < 1.29 is 27.4 Å². The Labute approximate surface area is 157 Å². The third-order valence-corrected chi connectivity index (χ3v) is 5.68. The van der Waals surface area contributed by atoms with Gasteiger partial charge < -0.3 is 19.5 Å². The lowest BCUT2D eigenvalue weighted by molar-refractivity contribution is -0.135. The zero-order valence-electron chi connectivity index (χ0n) is 14.9. The van der Waals surface area contributed by atoms with Crippen molar-refractivity contribution >= 4 is 21.5 Å². The summed E-state index contributed by atoms with van der Waals surface area (Å²) in [6.45, 7) is 2.75. The minimum absolute atomic E-state index is 0.00808. The van der Waals surface area contributed by atoms with E-state index in [0.717, 1.165) is 18.9 Å². The van der Waals surface area contributed by atoms with Gasteiger partial charge in [-0.25, -0.2) is 13.2 Å². The summed E-state index contributed by atoms with van der Waals surface area (Å²) in [6, 6.07) is 11.3. The van der Waals surface area contributed by atoms with Crippen LogP contribution in [0.1, 0.15) is 5.56 Å². The average molecular weight is 389 g/mol. The number of hydrogen-bond donors (Lipinski definition) is 1. The molecule has 1 heterocycles. The van der Waals surface area contributed by atoms with E-state index in [1.807, 2.05) is 6.92 Å². The second-order valence-corrected chi connectivity index (χ2v) is 7.74. The van der Waals surface area contributed by atoms with Crippen LogP contribution in [0.15, 0.2) is 58.5 Å². The summed E-state index contributed by atoms with van der Waals surface area (Å²) in [5.41, 5.74) is 1.45. The number of rotatable bonds is 5. The van der Waals surface area contributed by atoms with Crippen LogP contribution >= 0.6 is 0 Å². The van der Waals surface area contributed by atoms with Gasteiger partial charge in [0.1, 0.15) is 13.2 Å². The smallest absolute Gasteiger partial charge is 0.351 e. The molecule has 0 saturated heterocycles. The Hall–Kier alpha value is -3.00. The van der Waals surface area contributed by atoms with Crippen molar-refractivity contribution in [2.45, 2.75) is 11.8 Å². The van der Waals surface area contributed by atoms with E-state index in [1.165, 1.54) is 12.1 Å². The van der Waals surface area contributed by atoms with E-state index in [1.54, 1.807) is 30.3 Å². The zero-order chi connectivity index (χ0) is 19.4. The highest BCUT2D eigenvalue weighted by Gasteiger charge is 2.28. The van der Waals surface area contributed by atoms with E-state index in [0.29, 0.717) is 30.4 Å². The number of methoxy groups -OCH3 is 1. The minimum Gasteiger partial charge on any atom is -0.486 e. The first kappa shape index (κ1) is 18.8. The number of anilines is 1. The number of hydrogen-bond acceptors (Lipinski definition) is 7. The molecular formula is C19H19NO6S. The predicted molar refractivity (Wildman–Crippen MR) is 99.5 cm³/mol. The van der Waals surface area contributed by atoms with Crippen molar-refractivity contribution in [2.24, 2.45) is 0 Å². The number of fused-ring (bicyclic) bond motifs is 1. The van der Waals surface area contributed by atoms with Gasteiger partial charge in [0.25, 0.3) is 0 Å². The van der Waals surface area contributed by atoms with Gasteiger partial charge in [0.05, 0.1) is 12.0 Å². The summed E-state index contributed by atoms with van der Waals surface area (Å²) in [5, 5.41) is 2.82. The summed E-state index contributed by atoms with van der Waals surface area (Å²) < 4.78 is 41.3. The zero-order valence-corrected chi connectivity index (χ0v) is 15.7. The van der Waals surface area contributed by atoms with Crippen molar-refractivity contribution in [1.29, 1.82) is 0 Å². The molecule has 1 N–H and O–H groups in total. The largest absolute Gasteiger partial charge is 0.486 e. The number of esters is 1. The molecule has 0 fully saturated rings. The van der Waals surface area contributed by atoms with Gasteiger partial charge in [-0.05, 0) is 31.2 Å². The molecule has 0 atom stereocenters. The predicted octanol–water partition coefficient (Wildman–Crippen LogP) is 2.67. The number of nitrogens with one attached hydrogen (secondary N) is 1. The van der Waals surface area contributed by atoms with E-state index >= 15 is 0 Å². The molecule has 8 heteroatoms. The minimum atomic E-state index is -4.05. The highest BCUT2D eigenvalue weighted by Crippen LogP contribution is 2.32. The van der Waals surface area contributed by atoms with Gasteiger partial charge in [-0.3, -0.25) is 0 Å². The van der Waals surface area contributed by atoms with Gasteiger partial charge in [0, 0.05) is 18.0 Å². The normalized spacial score (nSPS) is 13.8. The molecular weight excluding hydrogens is 370 g/mol. The lowest BCUT2D eigenvalue weighted by Gasteiger charge is -2.18. The third-order valence-electron chi connectivity index (χ3n) is 3.92. The molecule has 0 aliphatic carbocycles. The van der Waals surface area contributed by atoms with E-state index in [9.17, 15) is 13.2 Å². The van der Waals surface area contributed by atoms with E-state index in [4.69, 9.17) is 9.47 Å². The molecule has 0 amide bonds. The van der Waals surface area contributed by atoms with E-state index in [-0.39, 0.29) is 4.90 Å². The van der Waals surface area contributed by atoms with E-state index in [2.05, 4.69) is 10.1 Å². The molecule has 1 aliphatic rings. The van der Waals surface area contributed by atoms with Gasteiger partial charge in [-0.1, -0.05) is 17.7 Å². The average Bonchev–Trinajstić information content (AvgIpc) is 2.68. The van der Waals surface area contributed by atoms with Crippen LogP contribution in [0.25, 0.3) is 0 Å². The van der Waals surface area contributed by atoms with Gasteiger partial charge >= 0.3 is 5.97 Å². The van der Waals surface area contributed by atoms with Crippen LogP contribution in [0.5, 0.6) is 11.5 Å². The second-order valence-electron chi connectivity index (χ2n) is 5.82. The van der Waals surface area contributed by atoms with Gasteiger partial charge in [-0.2, -0.15) is 0 Å². The first-order valence-corrected chi connectivity index (χ1v) is 9.66. The molecule has 2 aromatic carbocycles. The lowest BCUT2D eigenvalue weighted by atomic mass is 10.2. The number of carbonyl (C=O) groups excluding carboxylic acids is 1. The van der Waals surface area contributed by atoms with Crippen LogP contribution in [-0.2, 0) is 19.4 Å². The third kappa shape index (κ3) is 4.06. The summed E-state index contributed by atoms with van der Waals surface area (Å²) in [5.74, 6) is 0.192. The van der Waals surface area contributed by atoms with Crippen LogP contribution < -0.4 is 14.8 Å². The molecule has 0 radical (unpaired) electrons. The second kappa shape index (κ2) is 7.71. The van der Waals surface area contributed by atoms with E-state index < -0.39 is 20.7 Å². The topological polar surface area (TPSA) is 90.9 Å². The maximum Gasteiger partial charge on any atom is 0.351 e. The first-order chi connectivity index (χ1) is 12.9. The van der Waals surface area contributed by atoms with Gasteiger partial charge in [0.2, 0.25) is 9.84 Å². The molecule has 27 heavy (non-hydrogen) atoms. The number of ether oxygens (including phenoxy) is 3. The Balaban J connectivity index is 1.93. The molecule has 0 spiro atoms. The number of benzene rings is 2. The standard InChI is InChI=1S/C19H19NO6S/c1-13-3-6-15(7-4-13)27(22,23)18(19(21)24-2)12-20-14-5-8-16-17(11-14)26-10-9-25-16/h3-8,11-12,20H,9-10H2,1-2H3/b18-12-. The Bertz CT molecular complexity index is 980. The van der Waals surface area contributed by atoms with Crippen LogP contribution in [0.4, 0.5) is 5.69 Å². The summed E-state index contributed by atoms with van der Waals surface area (Å²) in [4.78, 5) is 11.6. The maximum atomic E-state index is 12.8. The molecule has 1 aliphatic heterocycles. The van der Waals surface area contributed by atoms with Crippen molar-refractivity contribution in [1.82, 2.24) is 0 Å². The molecule has 0 aromatic heterocycles. The molecule has 0 bridgehead atoms. The van der Waals surface area contributed by atoms with Crippen LogP contribution in [0.3, 0.4) is 0 Å². The molecule has 7 nitrogen and oxygen atoms in total. The van der Waals surface area contributed by atoms with Crippen LogP contribution in [0, 0.1) is 6.92 Å². The molecule has 3 rings (SSSR count). The van der Waals surface area contributed by atoms with Crippen molar-refractivity contribution in [3.8, 4) is 11.5 Å². The Morgan fingerprint density at radius 3 is 2.41 bits per heavy atom. The van der Waals surface area contributed by atoms with Crippen molar-refractivity contribution in [3.05, 3.63) is 59.1 Å². The summed E-state index contributed by atoms with van der Waals surface area (Å²) in [6.07, 6.45) is 1.12. The van der Waals surface area contributed by atoms with Gasteiger partial charge in [0.15, 0.2) is 16.4 Å². The fourth-order valence-electron chi connectivity index (χ4n) is 2.47. The number of carbonyl (C=O) groups is 1. The SMILES string of the molecule is COC(=O)/C(=C/Nc1ccc2c(c1)OCCO2)S(=O)(=O)c1ccc(C)cc1. The summed E-state index contributed by atoms with van der Waals surface area (Å²) >= 11 is 0. The quantitative estimate of drug-likeness (QED) is 0.621.